The van der Waals surface area contributed by atoms with Crippen LogP contribution in [0.2, 0.25) is 0 Å². The molecule has 0 aromatic heterocycles. The average Bonchev–Trinajstić information content (AvgIpc) is 2.36. The number of ether oxygens (including phenoxy) is 1. The van der Waals surface area contributed by atoms with E-state index < -0.39 is 0 Å². The summed E-state index contributed by atoms with van der Waals surface area (Å²) in [6, 6.07) is 6.34. The highest BCUT2D eigenvalue weighted by Crippen LogP contribution is 2.18. The van der Waals surface area contributed by atoms with E-state index in [0.29, 0.717) is 0 Å². The summed E-state index contributed by atoms with van der Waals surface area (Å²) >= 11 is 0. The third-order valence-corrected chi connectivity index (χ3v) is 3.09. The van der Waals surface area contributed by atoms with Crippen molar-refractivity contribution in [3.05, 3.63) is 29.3 Å². The van der Waals surface area contributed by atoms with Crippen molar-refractivity contribution < 1.29 is 4.74 Å². The quantitative estimate of drug-likeness (QED) is 0.671. The van der Waals surface area contributed by atoms with E-state index in [0.717, 1.165) is 25.4 Å². The highest BCUT2D eigenvalue weighted by atomic mass is 16.5. The molecule has 1 aromatic rings. The molecule has 0 aliphatic carbocycles. The maximum absolute atomic E-state index is 5.78. The average molecular weight is 249 g/mol. The summed E-state index contributed by atoms with van der Waals surface area (Å²) < 4.78 is 5.78. The summed E-state index contributed by atoms with van der Waals surface area (Å²) in [5.74, 6) is 1.02. The number of nitrogens with one attached hydrogen (secondary N) is 1. The second-order valence-electron chi connectivity index (χ2n) is 4.93. The summed E-state index contributed by atoms with van der Waals surface area (Å²) in [6.07, 6.45) is 5.26. The van der Waals surface area contributed by atoms with Gasteiger partial charge >= 0.3 is 0 Å². The van der Waals surface area contributed by atoms with Gasteiger partial charge in [-0.25, -0.2) is 0 Å². The Morgan fingerprint density at radius 1 is 1.06 bits per heavy atom. The Bertz CT molecular complexity index is 336. The molecule has 0 bridgehead atoms. The number of unbranched alkanes of at least 4 members (excludes halogenated alkanes) is 3. The molecule has 0 radical (unpaired) electrons. The minimum Gasteiger partial charge on any atom is -0.492 e. The smallest absolute Gasteiger partial charge is 0.122 e. The van der Waals surface area contributed by atoms with Crippen LogP contribution in [0, 0.1) is 13.8 Å². The molecule has 1 rings (SSSR count). The van der Waals surface area contributed by atoms with Gasteiger partial charge in [0.2, 0.25) is 0 Å². The summed E-state index contributed by atoms with van der Waals surface area (Å²) in [5.41, 5.74) is 2.46. The molecule has 0 spiro atoms. The van der Waals surface area contributed by atoms with Gasteiger partial charge in [0.15, 0.2) is 0 Å². The molecular weight excluding hydrogens is 222 g/mol. The van der Waals surface area contributed by atoms with Gasteiger partial charge in [0.05, 0.1) is 0 Å². The minimum atomic E-state index is 0.748. The van der Waals surface area contributed by atoms with E-state index in [1.54, 1.807) is 0 Å². The van der Waals surface area contributed by atoms with Crippen LogP contribution in [-0.2, 0) is 0 Å². The van der Waals surface area contributed by atoms with E-state index in [1.807, 2.05) is 0 Å². The molecule has 0 heterocycles. The topological polar surface area (TPSA) is 21.3 Å². The SMILES string of the molecule is CCCCCCNCCOc1cc(C)ccc1C. The predicted octanol–water partition coefficient (Wildman–Crippen LogP) is 3.85. The van der Waals surface area contributed by atoms with E-state index in [9.17, 15) is 0 Å². The first-order valence-corrected chi connectivity index (χ1v) is 7.15. The lowest BCUT2D eigenvalue weighted by Crippen LogP contribution is -2.22. The van der Waals surface area contributed by atoms with Gasteiger partial charge in [0, 0.05) is 6.54 Å². The van der Waals surface area contributed by atoms with Gasteiger partial charge in [-0.1, -0.05) is 38.3 Å². The lowest BCUT2D eigenvalue weighted by molar-refractivity contribution is 0.311. The van der Waals surface area contributed by atoms with E-state index in [4.69, 9.17) is 4.74 Å². The molecule has 0 fully saturated rings. The van der Waals surface area contributed by atoms with E-state index >= 15 is 0 Å². The lowest BCUT2D eigenvalue weighted by atomic mass is 10.1. The van der Waals surface area contributed by atoms with Crippen LogP contribution in [0.4, 0.5) is 0 Å². The minimum absolute atomic E-state index is 0.748. The Kier molecular flexibility index (Phi) is 7.51. The van der Waals surface area contributed by atoms with Crippen LogP contribution in [0.5, 0.6) is 5.75 Å². The van der Waals surface area contributed by atoms with Crippen molar-refractivity contribution in [3.63, 3.8) is 0 Å². The molecule has 2 heteroatoms. The Hall–Kier alpha value is -1.02. The van der Waals surface area contributed by atoms with Gasteiger partial charge in [0.1, 0.15) is 12.4 Å². The largest absolute Gasteiger partial charge is 0.492 e. The molecule has 0 aliphatic heterocycles. The van der Waals surface area contributed by atoms with E-state index in [1.165, 1.54) is 36.8 Å². The fraction of sp³-hybridized carbons (Fsp3) is 0.625. The molecular formula is C16H27NO. The normalized spacial score (nSPS) is 10.6. The van der Waals surface area contributed by atoms with Gasteiger partial charge in [0.25, 0.3) is 0 Å². The maximum atomic E-state index is 5.78. The molecule has 0 saturated heterocycles. The summed E-state index contributed by atoms with van der Waals surface area (Å²) in [5, 5.41) is 3.42. The Morgan fingerprint density at radius 3 is 2.67 bits per heavy atom. The van der Waals surface area contributed by atoms with Crippen LogP contribution in [-0.4, -0.2) is 19.7 Å². The van der Waals surface area contributed by atoms with Crippen molar-refractivity contribution in [2.75, 3.05) is 19.7 Å². The molecule has 18 heavy (non-hydrogen) atoms. The van der Waals surface area contributed by atoms with Crippen LogP contribution < -0.4 is 10.1 Å². The van der Waals surface area contributed by atoms with Crippen molar-refractivity contribution in [1.82, 2.24) is 5.32 Å². The van der Waals surface area contributed by atoms with Crippen LogP contribution in [0.25, 0.3) is 0 Å². The molecule has 0 unspecified atom stereocenters. The first-order chi connectivity index (χ1) is 8.74. The molecule has 1 N–H and O–H groups in total. The molecule has 2 nitrogen and oxygen atoms in total. The number of aryl methyl sites for hydroxylation is 2. The standard InChI is InChI=1S/C16H27NO/c1-4-5-6-7-10-17-11-12-18-16-13-14(2)8-9-15(16)3/h8-9,13,17H,4-7,10-12H2,1-3H3. The number of hydrogen-bond donors (Lipinski definition) is 1. The number of hydrogen-bond acceptors (Lipinski definition) is 2. The fourth-order valence-electron chi connectivity index (χ4n) is 1.90. The van der Waals surface area contributed by atoms with Gasteiger partial charge in [-0.2, -0.15) is 0 Å². The summed E-state index contributed by atoms with van der Waals surface area (Å²) in [4.78, 5) is 0. The van der Waals surface area contributed by atoms with Crippen LogP contribution in [0.15, 0.2) is 18.2 Å². The Labute approximate surface area is 112 Å². The third kappa shape index (κ3) is 6.06. The van der Waals surface area contributed by atoms with Gasteiger partial charge in [-0.3, -0.25) is 0 Å². The zero-order chi connectivity index (χ0) is 13.2. The maximum Gasteiger partial charge on any atom is 0.122 e. The second-order valence-corrected chi connectivity index (χ2v) is 4.93. The highest BCUT2D eigenvalue weighted by molar-refractivity contribution is 5.35. The van der Waals surface area contributed by atoms with Crippen molar-refractivity contribution in [1.29, 1.82) is 0 Å². The van der Waals surface area contributed by atoms with E-state index in [-0.39, 0.29) is 0 Å². The van der Waals surface area contributed by atoms with Crippen LogP contribution in [0.1, 0.15) is 43.7 Å². The van der Waals surface area contributed by atoms with Crippen LogP contribution in [0.3, 0.4) is 0 Å². The lowest BCUT2D eigenvalue weighted by Gasteiger charge is -2.10. The number of rotatable bonds is 9. The molecule has 102 valence electrons. The van der Waals surface area contributed by atoms with Crippen molar-refractivity contribution >= 4 is 0 Å². The zero-order valence-electron chi connectivity index (χ0n) is 12.1. The van der Waals surface area contributed by atoms with Gasteiger partial charge in [-0.05, 0) is 44.0 Å². The fourth-order valence-corrected chi connectivity index (χ4v) is 1.90. The predicted molar refractivity (Wildman–Crippen MR) is 78.4 cm³/mol. The first-order valence-electron chi connectivity index (χ1n) is 7.15. The van der Waals surface area contributed by atoms with Gasteiger partial charge in [-0.15, -0.1) is 0 Å². The number of benzene rings is 1. The Morgan fingerprint density at radius 2 is 1.89 bits per heavy atom. The highest BCUT2D eigenvalue weighted by Gasteiger charge is 1.99. The van der Waals surface area contributed by atoms with E-state index in [2.05, 4.69) is 44.3 Å². The molecule has 1 aromatic carbocycles. The summed E-state index contributed by atoms with van der Waals surface area (Å²) in [7, 11) is 0. The Balaban J connectivity index is 2.09. The zero-order valence-corrected chi connectivity index (χ0v) is 12.1. The van der Waals surface area contributed by atoms with Gasteiger partial charge < -0.3 is 10.1 Å². The van der Waals surface area contributed by atoms with Crippen molar-refractivity contribution in [2.24, 2.45) is 0 Å². The van der Waals surface area contributed by atoms with Crippen molar-refractivity contribution in [2.45, 2.75) is 46.5 Å². The molecule has 0 aliphatic rings. The molecule has 0 amide bonds. The molecule has 0 atom stereocenters. The molecule has 0 saturated carbocycles. The second kappa shape index (κ2) is 8.98. The monoisotopic (exact) mass is 249 g/mol. The summed E-state index contributed by atoms with van der Waals surface area (Å²) in [6.45, 7) is 9.21. The third-order valence-electron chi connectivity index (χ3n) is 3.09. The van der Waals surface area contributed by atoms with Crippen molar-refractivity contribution in [3.8, 4) is 5.75 Å². The first kappa shape index (κ1) is 15.0. The van der Waals surface area contributed by atoms with Crippen LogP contribution >= 0.6 is 0 Å².